The van der Waals surface area contributed by atoms with Crippen molar-refractivity contribution in [2.24, 2.45) is 0 Å². The third kappa shape index (κ3) is 18.1. The quantitative estimate of drug-likeness (QED) is 0.0359. The van der Waals surface area contributed by atoms with Crippen LogP contribution in [0.3, 0.4) is 0 Å². The second-order valence-electron chi connectivity index (χ2n) is 24.1. The van der Waals surface area contributed by atoms with Gasteiger partial charge in [0.15, 0.2) is 11.4 Å². The van der Waals surface area contributed by atoms with E-state index in [0.717, 1.165) is 162 Å². The number of rotatable bonds is 19. The van der Waals surface area contributed by atoms with E-state index in [2.05, 4.69) is 64.1 Å². The lowest BCUT2D eigenvalue weighted by Gasteiger charge is -2.17. The van der Waals surface area contributed by atoms with Crippen molar-refractivity contribution in [3.63, 3.8) is 0 Å². The number of hydrogen-bond acceptors (Lipinski definition) is 9. The van der Waals surface area contributed by atoms with Gasteiger partial charge in [-0.1, -0.05) is 181 Å². The molecule has 480 valence electrons. The first-order valence-corrected chi connectivity index (χ1v) is 34.5. The molecule has 3 heterocycles. The number of carbonyl (C=O) groups excluding carboxylic acids is 2. The van der Waals surface area contributed by atoms with Crippen LogP contribution in [0.1, 0.15) is 194 Å². The van der Waals surface area contributed by atoms with Gasteiger partial charge in [-0.15, -0.1) is 0 Å². The highest BCUT2D eigenvalue weighted by Gasteiger charge is 2.31. The predicted octanol–water partition coefficient (Wildman–Crippen LogP) is 14.9. The lowest BCUT2D eigenvalue weighted by Crippen LogP contribution is -2.31. The number of H-pyrrole nitrogens is 3. The number of hydrogen-bond donors (Lipinski definition) is 8. The fourth-order valence-corrected chi connectivity index (χ4v) is 14.6. The van der Waals surface area contributed by atoms with Gasteiger partial charge in [0.05, 0.1) is 31.0 Å². The molecule has 9 aromatic rings. The maximum atomic E-state index is 13.0. The van der Waals surface area contributed by atoms with Crippen molar-refractivity contribution in [2.75, 3.05) is 13.2 Å². The maximum absolute atomic E-state index is 13.0. The summed E-state index contributed by atoms with van der Waals surface area (Å²) in [6, 6.07) is 51.1. The second-order valence-corrected chi connectivity index (χ2v) is 27.0. The summed E-state index contributed by atoms with van der Waals surface area (Å²) in [5.74, 6) is 0.363. The molecule has 0 fully saturated rings. The van der Waals surface area contributed by atoms with E-state index in [9.17, 15) is 28.2 Å². The Morgan fingerprint density at radius 2 is 0.880 bits per heavy atom. The molecule has 0 bridgehead atoms. The molecule has 6 aromatic carbocycles. The van der Waals surface area contributed by atoms with Crippen molar-refractivity contribution in [2.45, 2.75) is 139 Å². The molecular formula is C73H80Cl3N9O6S. The minimum Gasteiger partial charge on any atom is -0.394 e. The summed E-state index contributed by atoms with van der Waals surface area (Å²) in [6.07, 6.45) is 16.4. The zero-order chi connectivity index (χ0) is 64.4. The van der Waals surface area contributed by atoms with E-state index in [1.165, 1.54) is 22.1 Å². The topological polar surface area (TPSA) is 231 Å². The van der Waals surface area contributed by atoms with Gasteiger partial charge in [0.2, 0.25) is 10.0 Å². The number of nitrogens with one attached hydrogen (secondary N) is 6. The van der Waals surface area contributed by atoms with Crippen LogP contribution in [0.15, 0.2) is 169 Å². The van der Waals surface area contributed by atoms with Gasteiger partial charge < -0.3 is 20.8 Å². The van der Waals surface area contributed by atoms with Gasteiger partial charge in [0, 0.05) is 78.0 Å². The molecule has 19 heteroatoms. The highest BCUT2D eigenvalue weighted by Crippen LogP contribution is 2.37. The second kappa shape index (κ2) is 32.7. The standard InChI is InChI=1S/C25H28ClN3O2S.2C24H26ClN3O2/c1-18(20-9-3-2-4-10-20)29-32(30,31)15-14-24-23-13-6-5-11-21(25(23)28-27-24)16-19-8-7-12-22(26)17-19;2*25-19-11-6-7-16(14-19)13-18-10-4-5-12-20-22(18)27-28-23(20)24(30)26-21(15-29)17-8-2-1-3-9-17/h2-4,7-10,12,14-15,17-18,21,29H,5-6,11,13,16H2,1H3,(H,27,28);2*1-3,6-9,11,14,18,21,29H,4-5,10,12-13,15H2,(H,26,30)(H,27,28)/b15-14+;;/t18-,21+;2*18-,21?/m010/s1. The van der Waals surface area contributed by atoms with Crippen LogP contribution >= 0.6 is 34.8 Å². The number of aliphatic hydroxyl groups is 2. The first kappa shape index (κ1) is 67.2. The van der Waals surface area contributed by atoms with Gasteiger partial charge >= 0.3 is 0 Å². The first-order valence-electron chi connectivity index (χ1n) is 31.9. The molecule has 6 atom stereocenters. The van der Waals surface area contributed by atoms with Gasteiger partial charge in [-0.25, -0.2) is 13.1 Å². The Morgan fingerprint density at radius 1 is 0.511 bits per heavy atom. The van der Waals surface area contributed by atoms with E-state index in [0.29, 0.717) is 23.0 Å². The number of nitrogens with zero attached hydrogens (tertiary/aromatic N) is 3. The van der Waals surface area contributed by atoms with E-state index in [-0.39, 0.29) is 42.9 Å². The number of aliphatic hydroxyl groups excluding tert-OH is 2. The summed E-state index contributed by atoms with van der Waals surface area (Å²) in [7, 11) is -3.61. The molecule has 0 radical (unpaired) electrons. The van der Waals surface area contributed by atoms with Gasteiger partial charge in [-0.2, -0.15) is 15.3 Å². The molecule has 0 saturated heterocycles. The third-order valence-electron chi connectivity index (χ3n) is 17.6. The Hall–Kier alpha value is -7.67. The number of carbonyl (C=O) groups is 2. The Morgan fingerprint density at radius 3 is 1.27 bits per heavy atom. The number of halogens is 3. The minimum atomic E-state index is -3.61. The van der Waals surface area contributed by atoms with Crippen LogP contribution in [0.4, 0.5) is 0 Å². The Kier molecular flexibility index (Phi) is 23.9. The van der Waals surface area contributed by atoms with Crippen molar-refractivity contribution in [1.82, 2.24) is 45.9 Å². The van der Waals surface area contributed by atoms with E-state index in [1.54, 1.807) is 6.08 Å². The van der Waals surface area contributed by atoms with Crippen molar-refractivity contribution < 1.29 is 28.2 Å². The molecule has 12 rings (SSSR count). The molecular weight excluding hydrogens is 1240 g/mol. The smallest absolute Gasteiger partial charge is 0.272 e. The molecule has 2 amide bonds. The zero-order valence-electron chi connectivity index (χ0n) is 51.6. The van der Waals surface area contributed by atoms with Crippen molar-refractivity contribution in [3.8, 4) is 0 Å². The fraction of sp³-hybridized carbons (Fsp3) is 0.329. The van der Waals surface area contributed by atoms with Crippen LogP contribution in [0, 0.1) is 0 Å². The predicted molar refractivity (Wildman–Crippen MR) is 366 cm³/mol. The number of fused-ring (bicyclic) bond motifs is 3. The van der Waals surface area contributed by atoms with Crippen LogP contribution in [0.25, 0.3) is 6.08 Å². The SMILES string of the molecule is C[C@H](NS(=O)(=O)/C=C/c1n[nH]c2c1CCCC[C@@H]2Cc1cccc(Cl)c1)c1ccccc1.O=C(NC(CO)c1ccccc1)c1n[nH]c2c1CCCC[C@@H]2Cc1cccc(Cl)c1.O=C(NC(CO)c1ccccc1)c1n[nH]c2c1CCCC[C@H]2Cc1cccc(Cl)c1. The van der Waals surface area contributed by atoms with Crippen LogP contribution < -0.4 is 15.4 Å². The summed E-state index contributed by atoms with van der Waals surface area (Å²) >= 11 is 18.5. The molecule has 0 saturated carbocycles. The largest absolute Gasteiger partial charge is 0.394 e. The molecule has 0 aliphatic heterocycles. The number of aromatic nitrogens is 6. The van der Waals surface area contributed by atoms with Crippen molar-refractivity contribution >= 4 is 62.7 Å². The molecule has 8 N–H and O–H groups in total. The summed E-state index contributed by atoms with van der Waals surface area (Å²) in [4.78, 5) is 26.0. The summed E-state index contributed by atoms with van der Waals surface area (Å²) in [5, 5.41) is 51.6. The number of aromatic amines is 3. The lowest BCUT2D eigenvalue weighted by atomic mass is 9.91. The lowest BCUT2D eigenvalue weighted by molar-refractivity contribution is 0.0903. The van der Waals surface area contributed by atoms with Gasteiger partial charge in [0.1, 0.15) is 0 Å². The Balaban J connectivity index is 0.000000151. The Labute approximate surface area is 554 Å². The van der Waals surface area contributed by atoms with E-state index >= 15 is 0 Å². The summed E-state index contributed by atoms with van der Waals surface area (Å²) in [6.45, 7) is 1.50. The van der Waals surface area contributed by atoms with E-state index in [4.69, 9.17) is 34.8 Å². The highest BCUT2D eigenvalue weighted by molar-refractivity contribution is 7.92. The van der Waals surface area contributed by atoms with Crippen molar-refractivity contribution in [1.29, 1.82) is 0 Å². The average Bonchev–Trinajstić information content (AvgIpc) is 1.70. The van der Waals surface area contributed by atoms with E-state index in [1.807, 2.05) is 153 Å². The fourth-order valence-electron chi connectivity index (χ4n) is 13.0. The average molecular weight is 1320 g/mol. The summed E-state index contributed by atoms with van der Waals surface area (Å²) in [5.41, 5.74) is 14.2. The molecule has 15 nitrogen and oxygen atoms in total. The normalized spacial score (nSPS) is 17.3. The van der Waals surface area contributed by atoms with E-state index < -0.39 is 22.1 Å². The van der Waals surface area contributed by atoms with Crippen LogP contribution in [0.2, 0.25) is 15.1 Å². The molecule has 3 aliphatic rings. The molecule has 2 unspecified atom stereocenters. The van der Waals surface area contributed by atoms with Gasteiger partial charge in [-0.3, -0.25) is 24.9 Å². The zero-order valence-corrected chi connectivity index (χ0v) is 54.7. The van der Waals surface area contributed by atoms with Crippen molar-refractivity contribution in [3.05, 3.63) is 269 Å². The Bertz CT molecular complexity index is 3850. The molecule has 0 spiro atoms. The first-order chi connectivity index (χ1) is 44.7. The van der Waals surface area contributed by atoms with Gasteiger partial charge in [0.25, 0.3) is 11.8 Å². The van der Waals surface area contributed by atoms with Crippen LogP contribution in [-0.2, 0) is 48.5 Å². The number of benzene rings is 6. The number of sulfonamides is 1. The molecule has 3 aliphatic carbocycles. The van der Waals surface area contributed by atoms with Crippen LogP contribution in [-0.4, -0.2) is 74.3 Å². The monoisotopic (exact) mass is 1320 g/mol. The summed E-state index contributed by atoms with van der Waals surface area (Å²) < 4.78 is 28.0. The maximum Gasteiger partial charge on any atom is 0.272 e. The van der Waals surface area contributed by atoms with Crippen LogP contribution in [0.5, 0.6) is 0 Å². The molecule has 3 aromatic heterocycles. The molecule has 92 heavy (non-hydrogen) atoms. The third-order valence-corrected chi connectivity index (χ3v) is 19.5. The van der Waals surface area contributed by atoms with Gasteiger partial charge in [-0.05, 0) is 160 Å². The highest BCUT2D eigenvalue weighted by atomic mass is 35.5. The number of amides is 2. The minimum absolute atomic E-state index is 0.167.